The Hall–Kier alpha value is -0.610. The van der Waals surface area contributed by atoms with Crippen molar-refractivity contribution in [3.05, 3.63) is 0 Å². The maximum atomic E-state index is 13.0. The molecule has 0 heterocycles. The summed E-state index contributed by atoms with van der Waals surface area (Å²) in [4.78, 5) is 13.0. The fourth-order valence-electron chi connectivity index (χ4n) is 12.4. The minimum Gasteiger partial charge on any atom is -0.481 e. The summed E-state index contributed by atoms with van der Waals surface area (Å²) in [7, 11) is 0. The van der Waals surface area contributed by atoms with Gasteiger partial charge in [-0.1, -0.05) is 48.5 Å². The molecule has 5 fully saturated rings. The standard InChI is InChI=1S/C31H52O4/c1-19(18-32)20-8-15-31(25(34)35)17-16-30(7)28(5)13-9-21-26(2,3)23(33)11-12-27(21,4)22(28)10-14-29(30,6)24(20)31/h19-24,32-33H,8-18H2,1-7H3,(H,34,35)/t19?,20-,21-,22+,23-,24+,27?,28+,29+,30-,31-/m0/s1. The van der Waals surface area contributed by atoms with Gasteiger partial charge in [-0.05, 0) is 121 Å². The number of fused-ring (bicyclic) bond motifs is 7. The van der Waals surface area contributed by atoms with Crippen molar-refractivity contribution in [2.45, 2.75) is 119 Å². The van der Waals surface area contributed by atoms with E-state index in [0.29, 0.717) is 11.8 Å². The molecule has 4 heteroatoms. The topological polar surface area (TPSA) is 77.8 Å². The first-order chi connectivity index (χ1) is 16.2. The van der Waals surface area contributed by atoms with Gasteiger partial charge in [0.05, 0.1) is 11.5 Å². The van der Waals surface area contributed by atoms with Gasteiger partial charge in [-0.3, -0.25) is 4.79 Å². The van der Waals surface area contributed by atoms with Gasteiger partial charge >= 0.3 is 5.97 Å². The Kier molecular flexibility index (Phi) is 5.73. The summed E-state index contributed by atoms with van der Waals surface area (Å²) in [5.74, 6) is 1.16. The molecule has 11 atom stereocenters. The van der Waals surface area contributed by atoms with Gasteiger partial charge in [0.15, 0.2) is 0 Å². The molecule has 0 aliphatic heterocycles. The smallest absolute Gasteiger partial charge is 0.309 e. The van der Waals surface area contributed by atoms with Gasteiger partial charge in [-0.25, -0.2) is 0 Å². The highest BCUT2D eigenvalue weighted by molar-refractivity contribution is 5.76. The van der Waals surface area contributed by atoms with Gasteiger partial charge in [0.25, 0.3) is 0 Å². The minimum absolute atomic E-state index is 0.0353. The van der Waals surface area contributed by atoms with Crippen LogP contribution in [0, 0.1) is 62.1 Å². The number of rotatable bonds is 3. The van der Waals surface area contributed by atoms with Crippen LogP contribution in [0.2, 0.25) is 0 Å². The van der Waals surface area contributed by atoms with E-state index < -0.39 is 11.4 Å². The number of aliphatic hydroxyl groups excluding tert-OH is 2. The summed E-state index contributed by atoms with van der Waals surface area (Å²) >= 11 is 0. The average Bonchev–Trinajstić information content (AvgIpc) is 3.20. The summed E-state index contributed by atoms with van der Waals surface area (Å²) in [6, 6.07) is 0. The van der Waals surface area contributed by atoms with Crippen LogP contribution in [-0.2, 0) is 4.79 Å². The Labute approximate surface area is 213 Å². The zero-order valence-corrected chi connectivity index (χ0v) is 23.5. The monoisotopic (exact) mass is 488 g/mol. The molecular formula is C31H52O4. The third kappa shape index (κ3) is 2.91. The average molecular weight is 489 g/mol. The Morgan fingerprint density at radius 1 is 0.829 bits per heavy atom. The van der Waals surface area contributed by atoms with Gasteiger partial charge in [0.2, 0.25) is 0 Å². The molecule has 5 aliphatic rings. The fraction of sp³-hybridized carbons (Fsp3) is 0.968. The predicted octanol–water partition coefficient (Wildman–Crippen LogP) is 6.53. The predicted molar refractivity (Wildman–Crippen MR) is 139 cm³/mol. The van der Waals surface area contributed by atoms with Crippen LogP contribution in [0.4, 0.5) is 0 Å². The lowest BCUT2D eigenvalue weighted by atomic mass is 9.29. The van der Waals surface area contributed by atoms with E-state index >= 15 is 0 Å². The first kappa shape index (κ1) is 26.0. The SMILES string of the molecule is CC(CO)[C@@H]1CC[C@]2(C(=O)O)CC[C@@]3(C)[C@]4(C)CC[C@H]5C(C)(C)[C@@H](O)CCC5(C)[C@H]4CC[C@]3(C)[C@@H]12. The first-order valence-electron chi connectivity index (χ1n) is 14.7. The molecule has 3 N–H and O–H groups in total. The zero-order chi connectivity index (χ0) is 25.8. The summed E-state index contributed by atoms with van der Waals surface area (Å²) in [6.45, 7) is 17.1. The van der Waals surface area contributed by atoms with E-state index in [2.05, 4.69) is 48.5 Å². The number of carbonyl (C=O) groups is 1. The molecule has 35 heavy (non-hydrogen) atoms. The minimum atomic E-state index is -0.621. The van der Waals surface area contributed by atoms with Gasteiger partial charge in [0.1, 0.15) is 0 Å². The van der Waals surface area contributed by atoms with Crippen molar-refractivity contribution in [2.24, 2.45) is 62.1 Å². The quantitative estimate of drug-likeness (QED) is 0.422. The molecule has 0 radical (unpaired) electrons. The van der Waals surface area contributed by atoms with Crippen molar-refractivity contribution in [3.63, 3.8) is 0 Å². The van der Waals surface area contributed by atoms with Crippen LogP contribution in [-0.4, -0.2) is 34.0 Å². The van der Waals surface area contributed by atoms with Crippen LogP contribution in [0.25, 0.3) is 0 Å². The molecule has 0 amide bonds. The summed E-state index contributed by atoms with van der Waals surface area (Å²) < 4.78 is 0. The molecule has 0 saturated heterocycles. The number of hydrogen-bond acceptors (Lipinski definition) is 3. The Balaban J connectivity index is 1.60. The lowest BCUT2D eigenvalue weighted by molar-refractivity contribution is -0.279. The molecule has 5 aliphatic carbocycles. The second-order valence-corrected chi connectivity index (χ2v) is 15.5. The Morgan fingerprint density at radius 2 is 1.46 bits per heavy atom. The van der Waals surface area contributed by atoms with E-state index in [4.69, 9.17) is 0 Å². The molecule has 0 spiro atoms. The van der Waals surface area contributed by atoms with E-state index in [1.54, 1.807) is 0 Å². The number of aliphatic hydroxyl groups is 2. The number of carboxylic acid groups (broad SMARTS) is 1. The highest BCUT2D eigenvalue weighted by Crippen LogP contribution is 2.81. The third-order valence-corrected chi connectivity index (χ3v) is 14.6. The van der Waals surface area contributed by atoms with E-state index in [1.807, 2.05) is 0 Å². The summed E-state index contributed by atoms with van der Waals surface area (Å²) in [6.07, 6.45) is 9.96. The highest BCUT2D eigenvalue weighted by Gasteiger charge is 2.75. The van der Waals surface area contributed by atoms with Crippen LogP contribution >= 0.6 is 0 Å². The van der Waals surface area contributed by atoms with E-state index in [-0.39, 0.29) is 57.5 Å². The van der Waals surface area contributed by atoms with E-state index in [0.717, 1.165) is 44.9 Å². The van der Waals surface area contributed by atoms with Crippen molar-refractivity contribution in [1.29, 1.82) is 0 Å². The number of hydrogen-bond donors (Lipinski definition) is 3. The first-order valence-corrected chi connectivity index (χ1v) is 14.7. The molecule has 0 aromatic rings. The largest absolute Gasteiger partial charge is 0.481 e. The van der Waals surface area contributed by atoms with Crippen molar-refractivity contribution in [2.75, 3.05) is 6.61 Å². The second kappa shape index (κ2) is 7.71. The molecule has 5 rings (SSSR count). The second-order valence-electron chi connectivity index (χ2n) is 15.5. The Morgan fingerprint density at radius 3 is 2.09 bits per heavy atom. The third-order valence-electron chi connectivity index (χ3n) is 14.6. The Bertz CT molecular complexity index is 883. The molecule has 2 unspecified atom stereocenters. The van der Waals surface area contributed by atoms with Crippen molar-refractivity contribution >= 4 is 5.97 Å². The summed E-state index contributed by atoms with van der Waals surface area (Å²) in [5, 5.41) is 31.7. The molecular weight excluding hydrogens is 436 g/mol. The van der Waals surface area contributed by atoms with Gasteiger partial charge < -0.3 is 15.3 Å². The maximum Gasteiger partial charge on any atom is 0.309 e. The van der Waals surface area contributed by atoms with Crippen LogP contribution in [0.3, 0.4) is 0 Å². The van der Waals surface area contributed by atoms with E-state index in [9.17, 15) is 20.1 Å². The highest BCUT2D eigenvalue weighted by atomic mass is 16.4. The molecule has 200 valence electrons. The van der Waals surface area contributed by atoms with Crippen molar-refractivity contribution in [3.8, 4) is 0 Å². The fourth-order valence-corrected chi connectivity index (χ4v) is 12.4. The zero-order valence-electron chi connectivity index (χ0n) is 23.5. The number of aliphatic carboxylic acids is 1. The van der Waals surface area contributed by atoms with Gasteiger partial charge in [-0.2, -0.15) is 0 Å². The van der Waals surface area contributed by atoms with Gasteiger partial charge in [-0.15, -0.1) is 0 Å². The molecule has 0 aromatic heterocycles. The van der Waals surface area contributed by atoms with Crippen LogP contribution < -0.4 is 0 Å². The molecule has 4 nitrogen and oxygen atoms in total. The van der Waals surface area contributed by atoms with Crippen LogP contribution in [0.5, 0.6) is 0 Å². The van der Waals surface area contributed by atoms with Crippen molar-refractivity contribution in [1.82, 2.24) is 0 Å². The normalized spacial score (nSPS) is 55.7. The number of carboxylic acids is 1. The lowest BCUT2D eigenvalue weighted by Crippen LogP contribution is -2.70. The maximum absolute atomic E-state index is 13.0. The summed E-state index contributed by atoms with van der Waals surface area (Å²) in [5.41, 5.74) is -0.221. The molecule has 0 aromatic carbocycles. The van der Waals surface area contributed by atoms with Gasteiger partial charge in [0, 0.05) is 6.61 Å². The van der Waals surface area contributed by atoms with Crippen LogP contribution in [0.15, 0.2) is 0 Å². The van der Waals surface area contributed by atoms with E-state index in [1.165, 1.54) is 19.3 Å². The molecule has 5 saturated carbocycles. The lowest BCUT2D eigenvalue weighted by Gasteiger charge is -2.75. The van der Waals surface area contributed by atoms with Crippen molar-refractivity contribution < 1.29 is 20.1 Å². The van der Waals surface area contributed by atoms with Crippen LogP contribution in [0.1, 0.15) is 113 Å². The molecule has 0 bridgehead atoms.